The molecule has 0 spiro atoms. The fraction of sp³-hybridized carbons (Fsp3) is 0.474. The third-order valence-corrected chi connectivity index (χ3v) is 3.44. The first kappa shape index (κ1) is 22.5. The molecule has 150 valence electrons. The maximum absolute atomic E-state index is 11.7. The number of methoxy groups -OCH3 is 1. The molecule has 0 bridgehead atoms. The van der Waals surface area contributed by atoms with Crippen LogP contribution in [0.25, 0.3) is 0 Å². The van der Waals surface area contributed by atoms with E-state index in [1.54, 1.807) is 24.3 Å². The number of carbonyl (C=O) groups excluding carboxylic acids is 2. The third-order valence-electron chi connectivity index (χ3n) is 3.44. The van der Waals surface area contributed by atoms with Gasteiger partial charge in [0.2, 0.25) is 0 Å². The molecule has 27 heavy (non-hydrogen) atoms. The Morgan fingerprint density at radius 3 is 2.22 bits per heavy atom. The molecule has 8 heteroatoms. The summed E-state index contributed by atoms with van der Waals surface area (Å²) in [4.78, 5) is 22.7. The number of benzene rings is 1. The van der Waals surface area contributed by atoms with Gasteiger partial charge in [-0.2, -0.15) is 0 Å². The van der Waals surface area contributed by atoms with Crippen molar-refractivity contribution in [3.05, 3.63) is 36.4 Å². The first-order valence-electron chi connectivity index (χ1n) is 8.49. The van der Waals surface area contributed by atoms with E-state index in [9.17, 15) is 19.8 Å². The summed E-state index contributed by atoms with van der Waals surface area (Å²) in [6.07, 6.45) is -1.29. The van der Waals surface area contributed by atoms with Crippen molar-refractivity contribution in [2.24, 2.45) is 0 Å². The Morgan fingerprint density at radius 1 is 1.07 bits per heavy atom. The molecule has 2 N–H and O–H groups in total. The van der Waals surface area contributed by atoms with Crippen LogP contribution in [0.5, 0.6) is 11.5 Å². The van der Waals surface area contributed by atoms with Gasteiger partial charge in [-0.1, -0.05) is 19.6 Å². The van der Waals surface area contributed by atoms with Gasteiger partial charge in [0.25, 0.3) is 0 Å². The van der Waals surface area contributed by atoms with Crippen molar-refractivity contribution in [1.82, 2.24) is 0 Å². The monoisotopic (exact) mass is 382 g/mol. The maximum Gasteiger partial charge on any atom is 0.334 e. The average molecular weight is 382 g/mol. The smallest absolute Gasteiger partial charge is 0.334 e. The molecule has 0 amide bonds. The Labute approximate surface area is 158 Å². The lowest BCUT2D eigenvalue weighted by Gasteiger charge is -2.14. The van der Waals surface area contributed by atoms with Crippen molar-refractivity contribution in [2.45, 2.75) is 32.0 Å². The van der Waals surface area contributed by atoms with Crippen LogP contribution in [0.15, 0.2) is 36.4 Å². The molecular formula is C19H26O8. The zero-order valence-electron chi connectivity index (χ0n) is 15.6. The van der Waals surface area contributed by atoms with Gasteiger partial charge >= 0.3 is 11.9 Å². The van der Waals surface area contributed by atoms with Crippen LogP contribution >= 0.6 is 0 Å². The van der Waals surface area contributed by atoms with E-state index in [0.717, 1.165) is 0 Å². The minimum atomic E-state index is -1.06. The number of rotatable bonds is 12. The molecule has 8 nitrogen and oxygen atoms in total. The third kappa shape index (κ3) is 9.07. The van der Waals surface area contributed by atoms with E-state index in [2.05, 4.69) is 11.3 Å². The number of esters is 2. The van der Waals surface area contributed by atoms with Crippen molar-refractivity contribution in [3.8, 4) is 11.5 Å². The molecule has 0 saturated heterocycles. The number of hydrogen-bond donors (Lipinski definition) is 2. The van der Waals surface area contributed by atoms with Crippen molar-refractivity contribution in [2.75, 3.05) is 26.9 Å². The highest BCUT2D eigenvalue weighted by Gasteiger charge is 2.16. The molecule has 0 aliphatic rings. The maximum atomic E-state index is 11.7. The van der Waals surface area contributed by atoms with Crippen molar-refractivity contribution >= 4 is 11.9 Å². The van der Waals surface area contributed by atoms with Crippen LogP contribution < -0.4 is 9.47 Å². The predicted molar refractivity (Wildman–Crippen MR) is 96.5 cm³/mol. The standard InChI is InChI=1S/C19H26O8/c1-4-14(20)10-25-16-6-5-7-17(9-16)26-11-15(21)12-27-19(23)13(2)8-18(22)24-3/h5-7,9,14-15,20-21H,2,4,8,10-12H2,1,3H3. The number of aliphatic hydroxyl groups is 2. The summed E-state index contributed by atoms with van der Waals surface area (Å²) >= 11 is 0. The van der Waals surface area contributed by atoms with E-state index in [-0.39, 0.29) is 31.8 Å². The second kappa shape index (κ2) is 11.9. The average Bonchev–Trinajstić information content (AvgIpc) is 2.68. The number of aliphatic hydroxyl groups excluding tert-OH is 2. The Balaban J connectivity index is 2.37. The summed E-state index contributed by atoms with van der Waals surface area (Å²) in [5.74, 6) is -0.405. The van der Waals surface area contributed by atoms with Crippen LogP contribution in [0.2, 0.25) is 0 Å². The lowest BCUT2D eigenvalue weighted by atomic mass is 10.2. The zero-order valence-corrected chi connectivity index (χ0v) is 15.6. The molecular weight excluding hydrogens is 356 g/mol. The van der Waals surface area contributed by atoms with Gasteiger partial charge < -0.3 is 29.2 Å². The highest BCUT2D eigenvalue weighted by atomic mass is 16.6. The van der Waals surface area contributed by atoms with Crippen LogP contribution in [0.3, 0.4) is 0 Å². The molecule has 0 aromatic heterocycles. The van der Waals surface area contributed by atoms with Crippen molar-refractivity contribution < 1.29 is 38.7 Å². The van der Waals surface area contributed by atoms with E-state index in [1.165, 1.54) is 7.11 Å². The second-order valence-electron chi connectivity index (χ2n) is 5.77. The summed E-state index contributed by atoms with van der Waals surface area (Å²) in [7, 11) is 1.20. The van der Waals surface area contributed by atoms with Gasteiger partial charge in [0, 0.05) is 11.6 Å². The van der Waals surface area contributed by atoms with Crippen molar-refractivity contribution in [1.29, 1.82) is 0 Å². The molecule has 0 aliphatic heterocycles. The first-order valence-corrected chi connectivity index (χ1v) is 8.49. The summed E-state index contributed by atoms with van der Waals surface area (Å²) in [6, 6.07) is 6.74. The van der Waals surface area contributed by atoms with Gasteiger partial charge in [0.1, 0.15) is 37.4 Å². The largest absolute Gasteiger partial charge is 0.491 e. The molecule has 1 rings (SSSR count). The van der Waals surface area contributed by atoms with Crippen LogP contribution in [-0.4, -0.2) is 61.3 Å². The normalized spacial score (nSPS) is 12.6. The second-order valence-corrected chi connectivity index (χ2v) is 5.77. The lowest BCUT2D eigenvalue weighted by molar-refractivity contribution is -0.146. The molecule has 1 aromatic carbocycles. The van der Waals surface area contributed by atoms with Gasteiger partial charge in [0.15, 0.2) is 0 Å². The highest BCUT2D eigenvalue weighted by molar-refractivity contribution is 5.93. The fourth-order valence-electron chi connectivity index (χ4n) is 1.80. The quantitative estimate of drug-likeness (QED) is 0.410. The molecule has 2 unspecified atom stereocenters. The van der Waals surface area contributed by atoms with E-state index in [1.807, 2.05) is 6.92 Å². The van der Waals surface area contributed by atoms with E-state index < -0.39 is 24.1 Å². The molecule has 1 aromatic rings. The first-order chi connectivity index (χ1) is 12.8. The van der Waals surface area contributed by atoms with Gasteiger partial charge in [-0.3, -0.25) is 4.79 Å². The van der Waals surface area contributed by atoms with E-state index in [0.29, 0.717) is 17.9 Å². The Morgan fingerprint density at radius 2 is 1.67 bits per heavy atom. The molecule has 0 saturated carbocycles. The van der Waals surface area contributed by atoms with Crippen LogP contribution in [0.4, 0.5) is 0 Å². The minimum Gasteiger partial charge on any atom is -0.491 e. The number of ether oxygens (including phenoxy) is 4. The van der Waals surface area contributed by atoms with Crippen LogP contribution in [0, 0.1) is 0 Å². The van der Waals surface area contributed by atoms with Crippen molar-refractivity contribution in [3.63, 3.8) is 0 Å². The van der Waals surface area contributed by atoms with Gasteiger partial charge in [-0.25, -0.2) is 4.79 Å². The van der Waals surface area contributed by atoms with Gasteiger partial charge in [-0.05, 0) is 18.6 Å². The summed E-state index contributed by atoms with van der Waals surface area (Å²) < 4.78 is 20.2. The summed E-state index contributed by atoms with van der Waals surface area (Å²) in [5.41, 5.74) is -0.0610. The van der Waals surface area contributed by atoms with Crippen LogP contribution in [-0.2, 0) is 19.1 Å². The number of hydrogen-bond acceptors (Lipinski definition) is 8. The van der Waals surface area contributed by atoms with Gasteiger partial charge in [0.05, 0.1) is 19.6 Å². The Bertz CT molecular complexity index is 628. The van der Waals surface area contributed by atoms with Gasteiger partial charge in [-0.15, -0.1) is 0 Å². The SMILES string of the molecule is C=C(CC(=O)OC)C(=O)OCC(O)COc1cccc(OCC(O)CC)c1. The molecule has 0 radical (unpaired) electrons. The van der Waals surface area contributed by atoms with E-state index in [4.69, 9.17) is 14.2 Å². The summed E-state index contributed by atoms with van der Waals surface area (Å²) in [6.45, 7) is 5.05. The molecule has 0 heterocycles. The Kier molecular flexibility index (Phi) is 9.92. The zero-order chi connectivity index (χ0) is 20.2. The molecule has 0 aliphatic carbocycles. The summed E-state index contributed by atoms with van der Waals surface area (Å²) in [5, 5.41) is 19.4. The fourth-order valence-corrected chi connectivity index (χ4v) is 1.80. The number of carbonyl (C=O) groups is 2. The molecule has 0 fully saturated rings. The predicted octanol–water partition coefficient (Wildman–Crippen LogP) is 1.24. The van der Waals surface area contributed by atoms with Crippen LogP contribution in [0.1, 0.15) is 19.8 Å². The molecule has 2 atom stereocenters. The van der Waals surface area contributed by atoms with E-state index >= 15 is 0 Å². The lowest BCUT2D eigenvalue weighted by Crippen LogP contribution is -2.26. The minimum absolute atomic E-state index is 0.0610. The Hall–Kier alpha value is -2.58. The topological polar surface area (TPSA) is 112 Å². The highest BCUT2D eigenvalue weighted by Crippen LogP contribution is 2.20.